The lowest BCUT2D eigenvalue weighted by molar-refractivity contribution is 0.0923. The third kappa shape index (κ3) is 5.30. The van der Waals surface area contributed by atoms with Crippen LogP contribution in [0.5, 0.6) is 17.2 Å². The number of carbonyl (C=O) groups is 1. The molecule has 0 saturated heterocycles. The van der Waals surface area contributed by atoms with Gasteiger partial charge in [0.1, 0.15) is 18.1 Å². The van der Waals surface area contributed by atoms with Crippen LogP contribution < -0.4 is 19.6 Å². The van der Waals surface area contributed by atoms with E-state index in [4.69, 9.17) is 30.2 Å². The highest BCUT2D eigenvalue weighted by molar-refractivity contribution is 6.32. The molecule has 8 heteroatoms. The molecular weight excluding hydrogens is 396 g/mol. The zero-order valence-electron chi connectivity index (χ0n) is 15.8. The number of ether oxygens (including phenoxy) is 3. The molecule has 0 aliphatic rings. The molecule has 0 atom stereocenters. The fourth-order valence-electron chi connectivity index (χ4n) is 2.48. The smallest absolute Gasteiger partial charge is 0.307 e. The quantitative estimate of drug-likeness (QED) is 0.439. The average Bonchev–Trinajstić information content (AvgIpc) is 3.21. The van der Waals surface area contributed by atoms with Crippen molar-refractivity contribution in [2.75, 3.05) is 14.2 Å². The van der Waals surface area contributed by atoms with Crippen LogP contribution in [-0.4, -0.2) is 26.3 Å². The number of carbonyl (C=O) groups excluding carboxylic acids is 1. The number of hydrogen-bond acceptors (Lipinski definition) is 6. The molecule has 2 aromatic carbocycles. The molecule has 0 aliphatic heterocycles. The van der Waals surface area contributed by atoms with Crippen LogP contribution in [0.15, 0.2) is 64.1 Å². The Morgan fingerprint density at radius 3 is 2.66 bits per heavy atom. The summed E-state index contributed by atoms with van der Waals surface area (Å²) in [5.74, 6) is 1.76. The van der Waals surface area contributed by atoms with Gasteiger partial charge in [0.2, 0.25) is 0 Å². The summed E-state index contributed by atoms with van der Waals surface area (Å²) >= 11 is 6.15. The minimum Gasteiger partial charge on any atom is -0.493 e. The molecule has 1 N–H and O–H groups in total. The van der Waals surface area contributed by atoms with Crippen molar-refractivity contribution in [1.82, 2.24) is 5.43 Å². The van der Waals surface area contributed by atoms with Gasteiger partial charge in [0.15, 0.2) is 17.3 Å². The van der Waals surface area contributed by atoms with Crippen LogP contribution in [0.4, 0.5) is 0 Å². The number of hydrogen-bond donors (Lipinski definition) is 1. The number of para-hydroxylation sites is 1. The van der Waals surface area contributed by atoms with E-state index in [1.165, 1.54) is 20.4 Å². The van der Waals surface area contributed by atoms with Gasteiger partial charge in [0, 0.05) is 0 Å². The fourth-order valence-corrected chi connectivity index (χ4v) is 2.78. The molecule has 29 heavy (non-hydrogen) atoms. The molecule has 3 rings (SSSR count). The molecule has 0 bridgehead atoms. The number of furan rings is 1. The van der Waals surface area contributed by atoms with Crippen molar-refractivity contribution in [2.45, 2.75) is 6.61 Å². The number of nitrogens with one attached hydrogen (secondary N) is 1. The molecule has 0 radical (unpaired) electrons. The van der Waals surface area contributed by atoms with E-state index in [9.17, 15) is 4.79 Å². The second-order valence-corrected chi connectivity index (χ2v) is 6.21. The maximum absolute atomic E-state index is 12.2. The van der Waals surface area contributed by atoms with E-state index in [0.29, 0.717) is 33.6 Å². The van der Waals surface area contributed by atoms with Gasteiger partial charge in [0.05, 0.1) is 25.5 Å². The fraction of sp³-hybridized carbons (Fsp3) is 0.143. The lowest BCUT2D eigenvalue weighted by Crippen LogP contribution is -2.16. The molecule has 1 aromatic heterocycles. The maximum Gasteiger partial charge on any atom is 0.307 e. The van der Waals surface area contributed by atoms with Gasteiger partial charge in [-0.15, -0.1) is 0 Å². The van der Waals surface area contributed by atoms with Crippen LogP contribution in [0.3, 0.4) is 0 Å². The zero-order chi connectivity index (χ0) is 20.6. The lowest BCUT2D eigenvalue weighted by Gasteiger charge is -2.09. The first-order valence-electron chi connectivity index (χ1n) is 8.62. The molecule has 0 aliphatic carbocycles. The minimum absolute atomic E-state index is 0.124. The third-order valence-corrected chi connectivity index (χ3v) is 4.13. The lowest BCUT2D eigenvalue weighted by atomic mass is 10.2. The number of methoxy groups -OCH3 is 2. The van der Waals surface area contributed by atoms with E-state index in [0.717, 1.165) is 0 Å². The number of benzene rings is 2. The summed E-state index contributed by atoms with van der Waals surface area (Å²) in [6.45, 7) is 0.213. The van der Waals surface area contributed by atoms with Crippen molar-refractivity contribution in [1.29, 1.82) is 0 Å². The van der Waals surface area contributed by atoms with Gasteiger partial charge in [-0.1, -0.05) is 29.8 Å². The maximum atomic E-state index is 12.2. The highest BCUT2D eigenvalue weighted by atomic mass is 35.5. The van der Waals surface area contributed by atoms with Crippen LogP contribution in [0.1, 0.15) is 21.9 Å². The van der Waals surface area contributed by atoms with Crippen LogP contribution in [0, 0.1) is 0 Å². The number of halogens is 1. The summed E-state index contributed by atoms with van der Waals surface area (Å²) in [5, 5.41) is 4.29. The van der Waals surface area contributed by atoms with E-state index >= 15 is 0 Å². The Morgan fingerprint density at radius 2 is 1.93 bits per heavy atom. The molecule has 3 aromatic rings. The Bertz CT molecular complexity index is 1000. The van der Waals surface area contributed by atoms with Crippen molar-refractivity contribution < 1.29 is 23.4 Å². The summed E-state index contributed by atoms with van der Waals surface area (Å²) in [5.41, 5.74) is 3.03. The predicted molar refractivity (Wildman–Crippen MR) is 109 cm³/mol. The number of amides is 1. The molecule has 0 spiro atoms. The molecule has 1 heterocycles. The van der Waals surface area contributed by atoms with Crippen molar-refractivity contribution in [3.63, 3.8) is 0 Å². The minimum atomic E-state index is -0.487. The van der Waals surface area contributed by atoms with Gasteiger partial charge in [-0.25, -0.2) is 5.43 Å². The Labute approximate surface area is 172 Å². The van der Waals surface area contributed by atoms with Gasteiger partial charge >= 0.3 is 5.91 Å². The van der Waals surface area contributed by atoms with Gasteiger partial charge < -0.3 is 18.6 Å². The topological polar surface area (TPSA) is 82.3 Å². The predicted octanol–water partition coefficient (Wildman–Crippen LogP) is 4.29. The van der Waals surface area contributed by atoms with Crippen LogP contribution in [0.2, 0.25) is 5.02 Å². The normalized spacial score (nSPS) is 10.7. The number of nitrogens with zero attached hydrogens (tertiary/aromatic N) is 1. The number of hydrazone groups is 1. The van der Waals surface area contributed by atoms with Gasteiger partial charge in [-0.2, -0.15) is 5.10 Å². The first-order valence-corrected chi connectivity index (χ1v) is 9.00. The molecule has 0 fully saturated rings. The third-order valence-electron chi connectivity index (χ3n) is 3.85. The van der Waals surface area contributed by atoms with E-state index in [-0.39, 0.29) is 12.4 Å². The molecular formula is C21H19ClN2O5. The largest absolute Gasteiger partial charge is 0.493 e. The monoisotopic (exact) mass is 414 g/mol. The summed E-state index contributed by atoms with van der Waals surface area (Å²) in [6.07, 6.45) is 1.44. The molecule has 1 amide bonds. The van der Waals surface area contributed by atoms with Crippen molar-refractivity contribution in [2.24, 2.45) is 5.10 Å². The van der Waals surface area contributed by atoms with E-state index in [1.807, 2.05) is 30.3 Å². The van der Waals surface area contributed by atoms with Crippen LogP contribution >= 0.6 is 11.6 Å². The van der Waals surface area contributed by atoms with Crippen LogP contribution in [-0.2, 0) is 6.61 Å². The highest BCUT2D eigenvalue weighted by Crippen LogP contribution is 2.35. The molecule has 150 valence electrons. The summed E-state index contributed by atoms with van der Waals surface area (Å²) in [4.78, 5) is 12.2. The van der Waals surface area contributed by atoms with Crippen molar-refractivity contribution in [3.8, 4) is 17.2 Å². The average molecular weight is 415 g/mol. The zero-order valence-corrected chi connectivity index (χ0v) is 16.6. The Kier molecular flexibility index (Phi) is 6.76. The Hall–Kier alpha value is -3.45. The van der Waals surface area contributed by atoms with E-state index in [2.05, 4.69) is 10.5 Å². The van der Waals surface area contributed by atoms with E-state index < -0.39 is 5.91 Å². The Balaban J connectivity index is 1.58. The molecule has 7 nitrogen and oxygen atoms in total. The number of rotatable bonds is 8. The molecule has 0 unspecified atom stereocenters. The molecule has 0 saturated carbocycles. The van der Waals surface area contributed by atoms with Gasteiger partial charge in [-0.05, 0) is 42.0 Å². The summed E-state index contributed by atoms with van der Waals surface area (Å²) in [7, 11) is 3.01. The summed E-state index contributed by atoms with van der Waals surface area (Å²) < 4.78 is 21.5. The highest BCUT2D eigenvalue weighted by Gasteiger charge is 2.12. The van der Waals surface area contributed by atoms with E-state index in [1.54, 1.807) is 24.3 Å². The first-order chi connectivity index (χ1) is 14.1. The van der Waals surface area contributed by atoms with Gasteiger partial charge in [-0.3, -0.25) is 4.79 Å². The van der Waals surface area contributed by atoms with Gasteiger partial charge in [0.25, 0.3) is 0 Å². The van der Waals surface area contributed by atoms with Crippen LogP contribution in [0.25, 0.3) is 0 Å². The standard InChI is InChI=1S/C21H19ClN2O5/c1-26-19-11-14(10-17(22)20(19)27-2)12-23-24-21(25)18-9-8-16(29-18)13-28-15-6-4-3-5-7-15/h3-12H,13H2,1-2H3,(H,24,25)/b23-12-. The SMILES string of the molecule is COc1cc(/C=N\NC(=O)c2ccc(COc3ccccc3)o2)cc(Cl)c1OC. The Morgan fingerprint density at radius 1 is 1.14 bits per heavy atom. The second kappa shape index (κ2) is 9.66. The summed E-state index contributed by atoms with van der Waals surface area (Å²) in [6, 6.07) is 15.9. The second-order valence-electron chi connectivity index (χ2n) is 5.81. The first kappa shape index (κ1) is 20.3. The van der Waals surface area contributed by atoms with Crippen molar-refractivity contribution in [3.05, 3.63) is 76.7 Å². The van der Waals surface area contributed by atoms with Crippen molar-refractivity contribution >= 4 is 23.7 Å².